The maximum Gasteiger partial charge on any atom is 0.230 e. The average molecular weight is 313 g/mol. The number of rotatable bonds is 7. The highest BCUT2D eigenvalue weighted by atomic mass is 32.2. The smallest absolute Gasteiger partial charge is 0.230 e. The summed E-state index contributed by atoms with van der Waals surface area (Å²) in [6, 6.07) is 18.7. The van der Waals surface area contributed by atoms with Gasteiger partial charge in [0.15, 0.2) is 0 Å². The number of carbonyl (C=O) groups excluding carboxylic acids is 1. The Balaban J connectivity index is 1.76. The van der Waals surface area contributed by atoms with Crippen molar-refractivity contribution in [3.63, 3.8) is 0 Å². The van der Waals surface area contributed by atoms with Gasteiger partial charge in [0.25, 0.3) is 0 Å². The number of hydrogen-bond donors (Lipinski definition) is 1. The Morgan fingerprint density at radius 1 is 1.05 bits per heavy atom. The van der Waals surface area contributed by atoms with E-state index in [0.717, 1.165) is 17.7 Å². The van der Waals surface area contributed by atoms with Crippen molar-refractivity contribution in [3.8, 4) is 0 Å². The van der Waals surface area contributed by atoms with Gasteiger partial charge in [-0.2, -0.15) is 0 Å². The zero-order valence-corrected chi connectivity index (χ0v) is 14.0. The number of nitrogens with one attached hydrogen (secondary N) is 1. The minimum Gasteiger partial charge on any atom is -0.349 e. The molecule has 0 fully saturated rings. The molecule has 22 heavy (non-hydrogen) atoms. The fraction of sp³-hybridized carbons (Fsp3) is 0.316. The van der Waals surface area contributed by atoms with Gasteiger partial charge in [0.2, 0.25) is 5.91 Å². The molecule has 1 N–H and O–H groups in total. The van der Waals surface area contributed by atoms with Crippen LogP contribution >= 0.6 is 11.8 Å². The second kappa shape index (κ2) is 8.64. The van der Waals surface area contributed by atoms with Gasteiger partial charge < -0.3 is 5.32 Å². The van der Waals surface area contributed by atoms with Crippen LogP contribution in [0.4, 0.5) is 0 Å². The van der Waals surface area contributed by atoms with Crippen LogP contribution in [0.5, 0.6) is 0 Å². The third-order valence-corrected chi connectivity index (χ3v) is 4.61. The number of thioether (sulfide) groups is 1. The fourth-order valence-corrected chi connectivity index (χ4v) is 3.04. The number of carbonyl (C=O) groups is 1. The molecule has 2 aromatic carbocycles. The van der Waals surface area contributed by atoms with E-state index in [2.05, 4.69) is 48.6 Å². The van der Waals surface area contributed by atoms with E-state index in [1.165, 1.54) is 11.1 Å². The van der Waals surface area contributed by atoms with E-state index in [9.17, 15) is 4.79 Å². The minimum absolute atomic E-state index is 0.0516. The molecule has 1 unspecified atom stereocenters. The fourth-order valence-electron chi connectivity index (χ4n) is 2.24. The molecule has 2 rings (SSSR count). The van der Waals surface area contributed by atoms with Gasteiger partial charge in [-0.05, 0) is 30.0 Å². The van der Waals surface area contributed by atoms with Gasteiger partial charge in [0, 0.05) is 5.75 Å². The summed E-state index contributed by atoms with van der Waals surface area (Å²) in [7, 11) is 0. The molecule has 2 aromatic rings. The highest BCUT2D eigenvalue weighted by Crippen LogP contribution is 2.15. The molecule has 0 saturated heterocycles. The van der Waals surface area contributed by atoms with Crippen molar-refractivity contribution >= 4 is 17.7 Å². The van der Waals surface area contributed by atoms with Gasteiger partial charge in [-0.15, -0.1) is 11.8 Å². The van der Waals surface area contributed by atoms with E-state index in [0.29, 0.717) is 5.75 Å². The summed E-state index contributed by atoms with van der Waals surface area (Å²) in [5, 5.41) is 3.06. The summed E-state index contributed by atoms with van der Waals surface area (Å²) < 4.78 is 0. The van der Waals surface area contributed by atoms with E-state index in [4.69, 9.17) is 0 Å². The third-order valence-electron chi connectivity index (χ3n) is 3.61. The maximum atomic E-state index is 12.0. The van der Waals surface area contributed by atoms with Gasteiger partial charge in [-0.25, -0.2) is 0 Å². The van der Waals surface area contributed by atoms with Crippen LogP contribution in [0, 0.1) is 0 Å². The highest BCUT2D eigenvalue weighted by Gasteiger charge is 2.09. The Morgan fingerprint density at radius 2 is 1.73 bits per heavy atom. The summed E-state index contributed by atoms with van der Waals surface area (Å²) in [6.45, 7) is 4.17. The molecule has 0 radical (unpaired) electrons. The first-order valence-corrected chi connectivity index (χ1v) is 8.84. The lowest BCUT2D eigenvalue weighted by molar-refractivity contribution is -0.119. The third kappa shape index (κ3) is 5.23. The van der Waals surface area contributed by atoms with Crippen LogP contribution in [-0.4, -0.2) is 11.7 Å². The van der Waals surface area contributed by atoms with E-state index < -0.39 is 0 Å². The molecular weight excluding hydrogens is 290 g/mol. The molecule has 0 saturated carbocycles. The van der Waals surface area contributed by atoms with Gasteiger partial charge >= 0.3 is 0 Å². The normalized spacial score (nSPS) is 11.9. The summed E-state index contributed by atoms with van der Waals surface area (Å²) in [4.78, 5) is 12.0. The van der Waals surface area contributed by atoms with Crippen molar-refractivity contribution in [1.82, 2.24) is 5.32 Å². The second-order valence-corrected chi connectivity index (χ2v) is 6.35. The zero-order chi connectivity index (χ0) is 15.8. The van der Waals surface area contributed by atoms with E-state index in [-0.39, 0.29) is 11.9 Å². The van der Waals surface area contributed by atoms with Crippen LogP contribution in [0.15, 0.2) is 54.6 Å². The molecule has 3 heteroatoms. The molecule has 0 bridgehead atoms. The van der Waals surface area contributed by atoms with Crippen LogP contribution in [0.25, 0.3) is 0 Å². The lowest BCUT2D eigenvalue weighted by Gasteiger charge is -2.14. The molecule has 0 aliphatic rings. The van der Waals surface area contributed by atoms with Crippen molar-refractivity contribution in [3.05, 3.63) is 71.3 Å². The molecule has 0 aliphatic heterocycles. The first kappa shape index (κ1) is 16.6. The Hall–Kier alpha value is -1.74. The number of aryl methyl sites for hydroxylation is 1. The van der Waals surface area contributed by atoms with Crippen LogP contribution in [-0.2, 0) is 17.0 Å². The number of amides is 1. The summed E-state index contributed by atoms with van der Waals surface area (Å²) in [5.74, 6) is 1.45. The van der Waals surface area contributed by atoms with Crippen molar-refractivity contribution in [2.45, 2.75) is 32.1 Å². The van der Waals surface area contributed by atoms with E-state index in [1.54, 1.807) is 11.8 Å². The SMILES string of the molecule is CCc1ccc(C(C)NC(=O)CSCc2ccccc2)cc1. The minimum atomic E-state index is 0.0516. The summed E-state index contributed by atoms with van der Waals surface area (Å²) in [6.07, 6.45) is 1.04. The van der Waals surface area contributed by atoms with Gasteiger partial charge in [-0.1, -0.05) is 61.5 Å². The molecule has 0 heterocycles. The highest BCUT2D eigenvalue weighted by molar-refractivity contribution is 7.99. The van der Waals surface area contributed by atoms with Crippen LogP contribution < -0.4 is 5.32 Å². The molecule has 0 aromatic heterocycles. The molecule has 0 aliphatic carbocycles. The zero-order valence-electron chi connectivity index (χ0n) is 13.2. The van der Waals surface area contributed by atoms with Crippen molar-refractivity contribution in [2.75, 3.05) is 5.75 Å². The number of hydrogen-bond acceptors (Lipinski definition) is 2. The van der Waals surface area contributed by atoms with Crippen molar-refractivity contribution < 1.29 is 4.79 Å². The quantitative estimate of drug-likeness (QED) is 0.823. The van der Waals surface area contributed by atoms with Gasteiger partial charge in [-0.3, -0.25) is 4.79 Å². The summed E-state index contributed by atoms with van der Waals surface area (Å²) in [5.41, 5.74) is 3.72. The molecule has 1 amide bonds. The molecular formula is C19H23NOS. The van der Waals surface area contributed by atoms with Gasteiger partial charge in [0.1, 0.15) is 0 Å². The molecule has 0 spiro atoms. The Morgan fingerprint density at radius 3 is 2.36 bits per heavy atom. The monoisotopic (exact) mass is 313 g/mol. The molecule has 116 valence electrons. The van der Waals surface area contributed by atoms with Crippen molar-refractivity contribution in [1.29, 1.82) is 0 Å². The Labute approximate surface area is 137 Å². The predicted octanol–water partition coefficient (Wildman–Crippen LogP) is 4.36. The largest absolute Gasteiger partial charge is 0.349 e. The van der Waals surface area contributed by atoms with Gasteiger partial charge in [0.05, 0.1) is 11.8 Å². The maximum absolute atomic E-state index is 12.0. The predicted molar refractivity (Wildman–Crippen MR) is 95.0 cm³/mol. The average Bonchev–Trinajstić information content (AvgIpc) is 2.56. The topological polar surface area (TPSA) is 29.1 Å². The second-order valence-electron chi connectivity index (χ2n) is 5.36. The first-order valence-electron chi connectivity index (χ1n) is 7.69. The van der Waals surface area contributed by atoms with Crippen molar-refractivity contribution in [2.24, 2.45) is 0 Å². The van der Waals surface area contributed by atoms with E-state index in [1.807, 2.05) is 25.1 Å². The van der Waals surface area contributed by atoms with Crippen LogP contribution in [0.2, 0.25) is 0 Å². The lowest BCUT2D eigenvalue weighted by Crippen LogP contribution is -2.28. The van der Waals surface area contributed by atoms with Crippen LogP contribution in [0.3, 0.4) is 0 Å². The standard InChI is InChI=1S/C19H23NOS/c1-3-16-9-11-18(12-10-16)15(2)20-19(21)14-22-13-17-7-5-4-6-8-17/h4-12,15H,3,13-14H2,1-2H3,(H,20,21). The van der Waals surface area contributed by atoms with Crippen LogP contribution in [0.1, 0.15) is 36.6 Å². The Kier molecular flexibility index (Phi) is 6.53. The number of benzene rings is 2. The van der Waals surface area contributed by atoms with E-state index >= 15 is 0 Å². The first-order chi connectivity index (χ1) is 10.7. The molecule has 1 atom stereocenters. The molecule has 2 nitrogen and oxygen atoms in total. The summed E-state index contributed by atoms with van der Waals surface area (Å²) >= 11 is 1.65. The Bertz CT molecular complexity index is 580. The lowest BCUT2D eigenvalue weighted by atomic mass is 10.1.